The molecular weight excluding hydrogens is 364 g/mol. The van der Waals surface area contributed by atoms with Gasteiger partial charge in [0.2, 0.25) is 0 Å². The molecule has 9 heteroatoms. The highest BCUT2D eigenvalue weighted by Gasteiger charge is 2.34. The molecule has 1 N–H and O–H groups in total. The van der Waals surface area contributed by atoms with Gasteiger partial charge in [0.15, 0.2) is 0 Å². The van der Waals surface area contributed by atoms with Crippen LogP contribution in [0.1, 0.15) is 10.4 Å². The van der Waals surface area contributed by atoms with Gasteiger partial charge < -0.3 is 10.0 Å². The van der Waals surface area contributed by atoms with Crippen molar-refractivity contribution in [1.29, 1.82) is 0 Å². The SMILES string of the molecule is O=C(O)C1CSCCN1C(=O)c1cc([N+](=O)[O-])ccc1Br. The van der Waals surface area contributed by atoms with Crippen LogP contribution in [0.25, 0.3) is 0 Å². The molecule has 112 valence electrons. The van der Waals surface area contributed by atoms with Crippen molar-refractivity contribution in [2.75, 3.05) is 18.1 Å². The third kappa shape index (κ3) is 3.35. The highest BCUT2D eigenvalue weighted by atomic mass is 79.9. The van der Waals surface area contributed by atoms with Crippen LogP contribution >= 0.6 is 27.7 Å². The molecule has 0 spiro atoms. The largest absolute Gasteiger partial charge is 0.480 e. The van der Waals surface area contributed by atoms with Gasteiger partial charge in [-0.25, -0.2) is 4.79 Å². The lowest BCUT2D eigenvalue weighted by atomic mass is 10.1. The Morgan fingerprint density at radius 3 is 2.81 bits per heavy atom. The van der Waals surface area contributed by atoms with Crippen molar-refractivity contribution in [1.82, 2.24) is 4.90 Å². The minimum Gasteiger partial charge on any atom is -0.480 e. The maximum atomic E-state index is 12.5. The van der Waals surface area contributed by atoms with Crippen molar-refractivity contribution >= 4 is 45.3 Å². The van der Waals surface area contributed by atoms with Crippen molar-refractivity contribution in [3.63, 3.8) is 0 Å². The number of nitro benzene ring substituents is 1. The van der Waals surface area contributed by atoms with Gasteiger partial charge in [-0.05, 0) is 22.0 Å². The van der Waals surface area contributed by atoms with E-state index in [2.05, 4.69) is 15.9 Å². The molecule has 1 saturated heterocycles. The van der Waals surface area contributed by atoms with E-state index in [1.807, 2.05) is 0 Å². The fraction of sp³-hybridized carbons (Fsp3) is 0.333. The standard InChI is InChI=1S/C12H11BrN2O5S/c13-9-2-1-7(15(19)20)5-8(9)11(16)14-3-4-21-6-10(14)12(17)18/h1-2,5,10H,3-4,6H2,(H,17,18). The van der Waals surface area contributed by atoms with Gasteiger partial charge >= 0.3 is 5.97 Å². The van der Waals surface area contributed by atoms with Gasteiger partial charge in [-0.15, -0.1) is 0 Å². The molecule has 1 aromatic carbocycles. The van der Waals surface area contributed by atoms with Gasteiger partial charge in [0.05, 0.1) is 10.5 Å². The summed E-state index contributed by atoms with van der Waals surface area (Å²) in [6.45, 7) is 0.301. The lowest BCUT2D eigenvalue weighted by molar-refractivity contribution is -0.384. The number of carboxylic acids is 1. The van der Waals surface area contributed by atoms with Crippen LogP contribution in [0.3, 0.4) is 0 Å². The molecule has 0 aromatic heterocycles. The number of benzene rings is 1. The molecule has 21 heavy (non-hydrogen) atoms. The molecular formula is C12H11BrN2O5S. The summed E-state index contributed by atoms with van der Waals surface area (Å²) in [5.41, 5.74) is -0.109. The molecule has 1 fully saturated rings. The average Bonchev–Trinajstić information content (AvgIpc) is 2.46. The third-order valence-electron chi connectivity index (χ3n) is 3.07. The number of carbonyl (C=O) groups is 2. The Morgan fingerprint density at radius 2 is 2.19 bits per heavy atom. The van der Waals surface area contributed by atoms with Crippen LogP contribution in [-0.2, 0) is 4.79 Å². The van der Waals surface area contributed by atoms with E-state index in [1.54, 1.807) is 0 Å². The number of hydrogen-bond acceptors (Lipinski definition) is 5. The summed E-state index contributed by atoms with van der Waals surface area (Å²) >= 11 is 4.65. The summed E-state index contributed by atoms with van der Waals surface area (Å²) in [6, 6.07) is 2.94. The van der Waals surface area contributed by atoms with Crippen LogP contribution in [0.5, 0.6) is 0 Å². The smallest absolute Gasteiger partial charge is 0.327 e. The first-order valence-electron chi connectivity index (χ1n) is 5.97. The molecule has 0 aliphatic carbocycles. The van der Waals surface area contributed by atoms with Crippen molar-refractivity contribution < 1.29 is 19.6 Å². The first-order chi connectivity index (χ1) is 9.91. The van der Waals surface area contributed by atoms with Crippen LogP contribution in [0.2, 0.25) is 0 Å². The van der Waals surface area contributed by atoms with E-state index in [-0.39, 0.29) is 11.3 Å². The number of non-ortho nitro benzene ring substituents is 1. The number of hydrogen-bond donors (Lipinski definition) is 1. The van der Waals surface area contributed by atoms with Gasteiger partial charge in [-0.2, -0.15) is 11.8 Å². The quantitative estimate of drug-likeness (QED) is 0.641. The molecule has 0 radical (unpaired) electrons. The minimum atomic E-state index is -1.07. The Morgan fingerprint density at radius 1 is 1.48 bits per heavy atom. The maximum Gasteiger partial charge on any atom is 0.327 e. The summed E-state index contributed by atoms with van der Waals surface area (Å²) in [5.74, 6) is -0.634. The summed E-state index contributed by atoms with van der Waals surface area (Å²) in [6.07, 6.45) is 0. The van der Waals surface area contributed by atoms with E-state index in [1.165, 1.54) is 28.8 Å². The molecule has 1 heterocycles. The van der Waals surface area contributed by atoms with Crippen LogP contribution < -0.4 is 0 Å². The van der Waals surface area contributed by atoms with E-state index >= 15 is 0 Å². The highest BCUT2D eigenvalue weighted by Crippen LogP contribution is 2.26. The van der Waals surface area contributed by atoms with Crippen LogP contribution in [-0.4, -0.2) is 50.9 Å². The molecule has 1 aliphatic rings. The van der Waals surface area contributed by atoms with Crippen LogP contribution in [0, 0.1) is 10.1 Å². The van der Waals surface area contributed by atoms with Gasteiger partial charge in [-0.3, -0.25) is 14.9 Å². The van der Waals surface area contributed by atoms with Crippen molar-refractivity contribution in [3.05, 3.63) is 38.3 Å². The van der Waals surface area contributed by atoms with E-state index in [0.29, 0.717) is 22.5 Å². The lowest BCUT2D eigenvalue weighted by Crippen LogP contribution is -2.50. The highest BCUT2D eigenvalue weighted by molar-refractivity contribution is 9.10. The van der Waals surface area contributed by atoms with E-state index in [0.717, 1.165) is 6.07 Å². The Hall–Kier alpha value is -1.61. The third-order valence-corrected chi connectivity index (χ3v) is 4.78. The first-order valence-corrected chi connectivity index (χ1v) is 7.92. The molecule has 1 atom stereocenters. The summed E-state index contributed by atoms with van der Waals surface area (Å²) < 4.78 is 0.403. The number of thioether (sulfide) groups is 1. The zero-order chi connectivity index (χ0) is 15.6. The summed E-state index contributed by atoms with van der Waals surface area (Å²) in [4.78, 5) is 35.2. The van der Waals surface area contributed by atoms with E-state index in [9.17, 15) is 24.8 Å². The summed E-state index contributed by atoms with van der Waals surface area (Å²) in [7, 11) is 0. The normalized spacial score (nSPS) is 18.3. The maximum absolute atomic E-state index is 12.5. The zero-order valence-electron chi connectivity index (χ0n) is 10.7. The number of halogens is 1. The van der Waals surface area contributed by atoms with Crippen molar-refractivity contribution in [2.45, 2.75) is 6.04 Å². The average molecular weight is 375 g/mol. The number of carboxylic acid groups (broad SMARTS) is 1. The van der Waals surface area contributed by atoms with Crippen molar-refractivity contribution in [3.8, 4) is 0 Å². The van der Waals surface area contributed by atoms with Crippen LogP contribution in [0.4, 0.5) is 5.69 Å². The molecule has 0 saturated carbocycles. The Balaban J connectivity index is 2.36. The molecule has 1 amide bonds. The number of amides is 1. The predicted molar refractivity (Wildman–Crippen MR) is 80.6 cm³/mol. The first kappa shape index (κ1) is 15.8. The number of rotatable bonds is 3. The van der Waals surface area contributed by atoms with Crippen molar-refractivity contribution in [2.24, 2.45) is 0 Å². The second-order valence-corrected chi connectivity index (χ2v) is 6.35. The molecule has 1 unspecified atom stereocenters. The number of aliphatic carboxylic acids is 1. The number of nitro groups is 1. The Kier molecular flexibility index (Phi) is 4.84. The second kappa shape index (κ2) is 6.44. The molecule has 7 nitrogen and oxygen atoms in total. The number of nitrogens with zero attached hydrogens (tertiary/aromatic N) is 2. The molecule has 0 bridgehead atoms. The lowest BCUT2D eigenvalue weighted by Gasteiger charge is -2.32. The molecule has 1 aliphatic heterocycles. The predicted octanol–water partition coefficient (Wildman–Crippen LogP) is 2.00. The minimum absolute atomic E-state index is 0.0994. The van der Waals surface area contributed by atoms with Gasteiger partial charge in [-0.1, -0.05) is 0 Å². The molecule has 2 rings (SSSR count). The Bertz CT molecular complexity index is 609. The fourth-order valence-electron chi connectivity index (χ4n) is 2.00. The van der Waals surface area contributed by atoms with Crippen LogP contribution in [0.15, 0.2) is 22.7 Å². The monoisotopic (exact) mass is 374 g/mol. The van der Waals surface area contributed by atoms with Gasteiger partial charge in [0.25, 0.3) is 11.6 Å². The Labute approximate surface area is 132 Å². The number of carbonyl (C=O) groups excluding carboxylic acids is 1. The summed E-state index contributed by atoms with van der Waals surface area (Å²) in [5, 5.41) is 20.0. The topological polar surface area (TPSA) is 101 Å². The second-order valence-electron chi connectivity index (χ2n) is 4.35. The fourth-order valence-corrected chi connectivity index (χ4v) is 3.45. The van der Waals surface area contributed by atoms with E-state index in [4.69, 9.17) is 0 Å². The van der Waals surface area contributed by atoms with Gasteiger partial charge in [0, 0.05) is 34.7 Å². The van der Waals surface area contributed by atoms with E-state index < -0.39 is 22.8 Å². The zero-order valence-corrected chi connectivity index (χ0v) is 13.1. The van der Waals surface area contributed by atoms with Gasteiger partial charge in [0.1, 0.15) is 6.04 Å². The molecule has 1 aromatic rings.